The van der Waals surface area contributed by atoms with Crippen LogP contribution in [0.1, 0.15) is 64.6 Å². The highest BCUT2D eigenvalue weighted by molar-refractivity contribution is 6.15. The molecule has 0 fully saturated rings. The number of aromatic carboxylic acids is 1. The van der Waals surface area contributed by atoms with Crippen molar-refractivity contribution in [2.75, 3.05) is 15.5 Å². The zero-order chi connectivity index (χ0) is 28.2. The SMILES string of the molecule is Cc1ccc([C@H](Nc2c(Nc3ccc(F)c4c3C(=O)N(c3ccccc3C(=O)O)C4)c(=O)c2=O)C(C)(C)C)o1. The standard InChI is InChI=1S/C29H26FN3O6/c1-14-9-12-20(39-14)26(29(2,3)4)32-23-22(24(34)25(23)35)31-18-11-10-17(30)16-13-33(27(36)21(16)18)19-8-6-5-7-15(19)28(37)38/h5-12,26,31-32H,13H2,1-4H3,(H,37,38)/t26-/m0/s1. The second kappa shape index (κ2) is 9.23. The van der Waals surface area contributed by atoms with E-state index in [0.29, 0.717) is 11.5 Å². The summed E-state index contributed by atoms with van der Waals surface area (Å²) in [6, 6.07) is 11.6. The van der Waals surface area contributed by atoms with Crippen molar-refractivity contribution in [3.63, 3.8) is 0 Å². The number of anilines is 4. The van der Waals surface area contributed by atoms with Crippen molar-refractivity contribution < 1.29 is 23.5 Å². The summed E-state index contributed by atoms with van der Waals surface area (Å²) in [6.07, 6.45) is 0. The number of aryl methyl sites for hydroxylation is 1. The molecule has 0 saturated heterocycles. The van der Waals surface area contributed by atoms with E-state index in [4.69, 9.17) is 4.42 Å². The Labute approximate surface area is 222 Å². The number of fused-ring (bicyclic) bond motifs is 1. The number of nitrogens with one attached hydrogen (secondary N) is 2. The maximum absolute atomic E-state index is 14.9. The van der Waals surface area contributed by atoms with Crippen molar-refractivity contribution in [1.82, 2.24) is 0 Å². The van der Waals surface area contributed by atoms with E-state index in [1.165, 1.54) is 29.2 Å². The fourth-order valence-electron chi connectivity index (χ4n) is 4.83. The molecule has 200 valence electrons. The Balaban J connectivity index is 1.51. The van der Waals surface area contributed by atoms with Gasteiger partial charge in [0, 0.05) is 5.56 Å². The number of furan rings is 1. The lowest BCUT2D eigenvalue weighted by molar-refractivity contribution is 0.0697. The summed E-state index contributed by atoms with van der Waals surface area (Å²) in [5.74, 6) is -1.23. The molecular formula is C29H26FN3O6. The maximum Gasteiger partial charge on any atom is 0.337 e. The Kier molecular flexibility index (Phi) is 6.13. The summed E-state index contributed by atoms with van der Waals surface area (Å²) < 4.78 is 20.6. The van der Waals surface area contributed by atoms with E-state index < -0.39 is 40.0 Å². The summed E-state index contributed by atoms with van der Waals surface area (Å²) in [6.45, 7) is 7.47. The van der Waals surface area contributed by atoms with Gasteiger partial charge in [-0.2, -0.15) is 0 Å². The van der Waals surface area contributed by atoms with E-state index in [1.807, 2.05) is 20.8 Å². The molecule has 0 saturated carbocycles. The van der Waals surface area contributed by atoms with Crippen LogP contribution in [0.3, 0.4) is 0 Å². The van der Waals surface area contributed by atoms with Crippen LogP contribution in [0.5, 0.6) is 0 Å². The molecule has 1 aliphatic heterocycles. The highest BCUT2D eigenvalue weighted by Gasteiger charge is 2.37. The van der Waals surface area contributed by atoms with Gasteiger partial charge in [-0.05, 0) is 48.7 Å². The lowest BCUT2D eigenvalue weighted by Crippen LogP contribution is -2.39. The van der Waals surface area contributed by atoms with Crippen LogP contribution in [-0.4, -0.2) is 17.0 Å². The highest BCUT2D eigenvalue weighted by atomic mass is 19.1. The van der Waals surface area contributed by atoms with Crippen molar-refractivity contribution >= 4 is 34.6 Å². The van der Waals surface area contributed by atoms with E-state index in [1.54, 1.807) is 25.1 Å². The van der Waals surface area contributed by atoms with E-state index in [9.17, 15) is 28.7 Å². The number of hydrogen-bond acceptors (Lipinski definition) is 7. The van der Waals surface area contributed by atoms with Gasteiger partial charge in [0.15, 0.2) is 0 Å². The van der Waals surface area contributed by atoms with E-state index in [-0.39, 0.29) is 46.0 Å². The molecule has 1 amide bonds. The molecule has 0 aliphatic carbocycles. The fraction of sp³-hybridized carbons (Fsp3) is 0.241. The van der Waals surface area contributed by atoms with Crippen LogP contribution in [0, 0.1) is 18.2 Å². The van der Waals surface area contributed by atoms with Crippen molar-refractivity contribution in [1.29, 1.82) is 0 Å². The maximum atomic E-state index is 14.9. The van der Waals surface area contributed by atoms with Gasteiger partial charge in [-0.3, -0.25) is 14.4 Å². The quantitative estimate of drug-likeness (QED) is 0.280. The molecule has 0 radical (unpaired) electrons. The molecule has 0 unspecified atom stereocenters. The first-order valence-electron chi connectivity index (χ1n) is 12.3. The molecule has 0 spiro atoms. The predicted molar refractivity (Wildman–Crippen MR) is 144 cm³/mol. The molecule has 1 aromatic heterocycles. The molecule has 5 rings (SSSR count). The van der Waals surface area contributed by atoms with Gasteiger partial charge in [-0.1, -0.05) is 32.9 Å². The Hall–Kier alpha value is -4.73. The van der Waals surface area contributed by atoms with Gasteiger partial charge in [0.1, 0.15) is 28.7 Å². The second-order valence-corrected chi connectivity index (χ2v) is 10.6. The average Bonchev–Trinajstić information content (AvgIpc) is 3.47. The topological polar surface area (TPSA) is 129 Å². The van der Waals surface area contributed by atoms with Gasteiger partial charge in [0.25, 0.3) is 16.8 Å². The van der Waals surface area contributed by atoms with Gasteiger partial charge in [0.05, 0.1) is 35.1 Å². The second-order valence-electron chi connectivity index (χ2n) is 10.6. The summed E-state index contributed by atoms with van der Waals surface area (Å²) in [7, 11) is 0. The van der Waals surface area contributed by atoms with Crippen molar-refractivity contribution in [2.45, 2.75) is 40.3 Å². The average molecular weight is 532 g/mol. The molecule has 4 aromatic rings. The first-order valence-corrected chi connectivity index (χ1v) is 12.3. The minimum Gasteiger partial charge on any atom is -0.478 e. The molecular weight excluding hydrogens is 505 g/mol. The molecule has 2 heterocycles. The minimum absolute atomic E-state index is 0.0329. The van der Waals surface area contributed by atoms with Crippen LogP contribution in [-0.2, 0) is 6.54 Å². The van der Waals surface area contributed by atoms with Crippen LogP contribution in [0.15, 0.2) is 62.5 Å². The van der Waals surface area contributed by atoms with Crippen LogP contribution >= 0.6 is 0 Å². The lowest BCUT2D eigenvalue weighted by atomic mass is 9.85. The molecule has 1 aliphatic rings. The van der Waals surface area contributed by atoms with Gasteiger partial charge in [-0.25, -0.2) is 9.18 Å². The molecule has 3 aromatic carbocycles. The number of halogens is 1. The highest BCUT2D eigenvalue weighted by Crippen LogP contribution is 2.40. The van der Waals surface area contributed by atoms with Gasteiger partial charge >= 0.3 is 5.97 Å². The zero-order valence-electron chi connectivity index (χ0n) is 21.7. The third-order valence-electron chi connectivity index (χ3n) is 6.83. The number of rotatable bonds is 7. The zero-order valence-corrected chi connectivity index (χ0v) is 21.7. The van der Waals surface area contributed by atoms with Gasteiger partial charge in [-0.15, -0.1) is 0 Å². The number of carboxylic acids is 1. The first-order chi connectivity index (χ1) is 18.4. The minimum atomic E-state index is -1.23. The third kappa shape index (κ3) is 4.37. The van der Waals surface area contributed by atoms with Crippen molar-refractivity contribution in [3.8, 4) is 0 Å². The number of amides is 1. The number of carboxylic acid groups (broad SMARTS) is 1. The number of nitrogens with zero attached hydrogens (tertiary/aromatic N) is 1. The summed E-state index contributed by atoms with van der Waals surface area (Å²) in [5.41, 5.74) is -1.78. The number of carbonyl (C=O) groups excluding carboxylic acids is 1. The smallest absolute Gasteiger partial charge is 0.337 e. The van der Waals surface area contributed by atoms with Crippen LogP contribution in [0.2, 0.25) is 0 Å². The molecule has 39 heavy (non-hydrogen) atoms. The van der Waals surface area contributed by atoms with Crippen molar-refractivity contribution in [3.05, 3.63) is 103 Å². The lowest BCUT2D eigenvalue weighted by Gasteiger charge is -2.31. The Morgan fingerprint density at radius 1 is 1.03 bits per heavy atom. The fourth-order valence-corrected chi connectivity index (χ4v) is 4.83. The largest absolute Gasteiger partial charge is 0.478 e. The number of hydrogen-bond donors (Lipinski definition) is 3. The molecule has 10 heteroatoms. The van der Waals surface area contributed by atoms with Crippen molar-refractivity contribution in [2.24, 2.45) is 5.41 Å². The molecule has 0 bridgehead atoms. The predicted octanol–water partition coefficient (Wildman–Crippen LogP) is 5.12. The van der Waals surface area contributed by atoms with E-state index >= 15 is 0 Å². The van der Waals surface area contributed by atoms with Crippen LogP contribution in [0.25, 0.3) is 0 Å². The van der Waals surface area contributed by atoms with Gasteiger partial charge in [0.2, 0.25) is 0 Å². The summed E-state index contributed by atoms with van der Waals surface area (Å²) in [5, 5.41) is 15.6. The monoisotopic (exact) mass is 531 g/mol. The van der Waals surface area contributed by atoms with Crippen LogP contribution in [0.4, 0.5) is 27.1 Å². The molecule has 9 nitrogen and oxygen atoms in total. The van der Waals surface area contributed by atoms with Crippen LogP contribution < -0.4 is 26.4 Å². The van der Waals surface area contributed by atoms with E-state index in [0.717, 1.165) is 6.07 Å². The number of para-hydroxylation sites is 1. The molecule has 3 N–H and O–H groups in total. The summed E-state index contributed by atoms with van der Waals surface area (Å²) in [4.78, 5) is 51.7. The Morgan fingerprint density at radius 3 is 2.36 bits per heavy atom. The van der Waals surface area contributed by atoms with Gasteiger partial charge < -0.3 is 25.1 Å². The summed E-state index contributed by atoms with van der Waals surface area (Å²) >= 11 is 0. The Morgan fingerprint density at radius 2 is 1.72 bits per heavy atom. The number of benzene rings is 2. The number of carbonyl (C=O) groups is 2. The normalized spacial score (nSPS) is 14.0. The molecule has 1 atom stereocenters. The Bertz CT molecular complexity index is 1710. The first kappa shape index (κ1) is 25.9. The van der Waals surface area contributed by atoms with E-state index in [2.05, 4.69) is 10.6 Å². The third-order valence-corrected chi connectivity index (χ3v) is 6.83.